The average molecular weight is 844 g/mol. The summed E-state index contributed by atoms with van der Waals surface area (Å²) >= 11 is 0. The van der Waals surface area contributed by atoms with Crippen molar-refractivity contribution in [2.75, 3.05) is 0 Å². The molecule has 0 unspecified atom stereocenters. The molecule has 14 heteroatoms. The number of carboxylic acids is 2. The van der Waals surface area contributed by atoms with Crippen LogP contribution in [0.25, 0.3) is 55.8 Å². The first-order chi connectivity index (χ1) is 27.3. The van der Waals surface area contributed by atoms with Crippen LogP contribution in [0.3, 0.4) is 0 Å². The number of aromatic nitrogens is 5. The van der Waals surface area contributed by atoms with Crippen LogP contribution in [0.5, 0.6) is 11.5 Å². The van der Waals surface area contributed by atoms with Gasteiger partial charge >= 0.3 is 31.4 Å². The van der Waals surface area contributed by atoms with Gasteiger partial charge in [-0.05, 0) is 54.2 Å². The number of carboxylic acid groups (broad SMARTS) is 2. The topological polar surface area (TPSA) is 192 Å². The number of hydrogen-bond donors (Lipinski definition) is 2. The number of benzene rings is 3. The summed E-state index contributed by atoms with van der Waals surface area (Å²) in [5.74, 6) is -1.41. The van der Waals surface area contributed by atoms with Gasteiger partial charge in [-0.3, -0.25) is 19.6 Å². The van der Waals surface area contributed by atoms with Crippen LogP contribution in [0.2, 0.25) is 0 Å². The molecule has 0 amide bonds. The molecule has 1 radical (unpaired) electrons. The van der Waals surface area contributed by atoms with Gasteiger partial charge in [0.05, 0.1) is 44.9 Å². The van der Waals surface area contributed by atoms with Crippen LogP contribution in [0, 0.1) is 6.07 Å². The number of hydrogen-bond acceptors (Lipinski definition) is 11. The Bertz CT molecular complexity index is 2630. The van der Waals surface area contributed by atoms with Crippen molar-refractivity contribution in [1.82, 2.24) is 24.9 Å². The number of nitrogens with zero attached hydrogens (tertiary/aromatic N) is 5. The summed E-state index contributed by atoms with van der Waals surface area (Å²) in [5.41, 5.74) is 5.00. The minimum atomic E-state index is -1.08. The molecule has 8 rings (SSSR count). The van der Waals surface area contributed by atoms with Gasteiger partial charge in [-0.1, -0.05) is 42.5 Å². The fraction of sp³-hybridized carbons (Fsp3) is 0. The van der Waals surface area contributed by atoms with E-state index in [-0.39, 0.29) is 30.6 Å². The van der Waals surface area contributed by atoms with Gasteiger partial charge in [-0.15, -0.1) is 35.9 Å². The molecule has 2 N–H and O–H groups in total. The molecule has 0 aliphatic heterocycles. The van der Waals surface area contributed by atoms with Gasteiger partial charge in [-0.2, -0.15) is 0 Å². The zero-order chi connectivity index (χ0) is 39.3. The first-order valence-corrected chi connectivity index (χ1v) is 16.6. The maximum atomic E-state index is 11.4. The van der Waals surface area contributed by atoms with Gasteiger partial charge < -0.3 is 24.7 Å². The third kappa shape index (κ3) is 10.4. The van der Waals surface area contributed by atoms with Crippen molar-refractivity contribution in [3.63, 3.8) is 0 Å². The monoisotopic (exact) mass is 844 g/mol. The number of carbonyl (C=O) groups is 4. The quantitative estimate of drug-likeness (QED) is 0.0821. The summed E-state index contributed by atoms with van der Waals surface area (Å²) < 4.78 is 9.82. The van der Waals surface area contributed by atoms with Gasteiger partial charge in [0.15, 0.2) is 0 Å². The van der Waals surface area contributed by atoms with E-state index in [1.165, 1.54) is 30.6 Å². The molecule has 281 valence electrons. The predicted octanol–water partition coefficient (Wildman–Crippen LogP) is 7.61. The molecule has 3 aromatic carbocycles. The Balaban J connectivity index is 0.000000169. The van der Waals surface area contributed by atoms with Crippen LogP contribution in [-0.2, 0) is 29.1 Å². The molecule has 0 aliphatic carbocycles. The Kier molecular flexibility index (Phi) is 14.0. The normalized spacial score (nSPS) is 10.0. The smallest absolute Gasteiger partial charge is 0.478 e. The molecule has 0 atom stereocenters. The Morgan fingerprint density at radius 1 is 0.561 bits per heavy atom. The van der Waals surface area contributed by atoms with Crippen molar-refractivity contribution in [2.45, 2.75) is 0 Å². The first kappa shape index (κ1) is 40.6. The van der Waals surface area contributed by atoms with Crippen molar-refractivity contribution in [3.8, 4) is 45.5 Å². The summed E-state index contributed by atoms with van der Waals surface area (Å²) in [4.78, 5) is 64.9. The zero-order valence-corrected chi connectivity index (χ0v) is 31.2. The standard InChI is InChI=1S/2C16H10N2O4.C11H8N.Ru/c19-9-21-11-5-6-17-14(7-11)15-8-16(22-10-20)12-3-1-2-4-13(12)18-15;19-15(20)9-5-6-17-13(7-9)14-8-11(16(21)22)10-3-1-2-4-12(10)18-14;1-2-6-10(7-3-1)11-8-4-5-9-12-11;/h1-10H;1-8H,(H,19,20)(H,21,22);1-6,8-9H;/q;;-1;+1. The number of pyridine rings is 5. The van der Waals surface area contributed by atoms with E-state index in [9.17, 15) is 24.3 Å². The number of ether oxygens (including phenoxy) is 2. The van der Waals surface area contributed by atoms with Crippen LogP contribution >= 0.6 is 0 Å². The van der Waals surface area contributed by atoms with E-state index in [0.717, 1.165) is 16.6 Å². The van der Waals surface area contributed by atoms with Crippen LogP contribution in [0.1, 0.15) is 20.7 Å². The number of carbonyl (C=O) groups excluding carboxylic acids is 2. The largest absolute Gasteiger partial charge is 1.00 e. The number of aromatic carboxylic acids is 2. The molecule has 13 nitrogen and oxygen atoms in total. The Labute approximate surface area is 337 Å². The summed E-state index contributed by atoms with van der Waals surface area (Å²) in [6.45, 7) is 0.707. The molecule has 5 heterocycles. The van der Waals surface area contributed by atoms with Gasteiger partial charge in [0, 0.05) is 41.5 Å². The van der Waals surface area contributed by atoms with E-state index in [4.69, 9.17) is 14.6 Å². The van der Waals surface area contributed by atoms with Crippen LogP contribution in [-0.4, -0.2) is 60.0 Å². The number of fused-ring (bicyclic) bond motifs is 2. The van der Waals surface area contributed by atoms with Crippen LogP contribution < -0.4 is 9.47 Å². The number of para-hydroxylation sites is 2. The van der Waals surface area contributed by atoms with E-state index in [0.29, 0.717) is 63.6 Å². The maximum Gasteiger partial charge on any atom is 1.00 e. The molecule has 0 fully saturated rings. The second kappa shape index (κ2) is 19.7. The zero-order valence-electron chi connectivity index (χ0n) is 29.4. The molecule has 0 aliphatic rings. The van der Waals surface area contributed by atoms with E-state index in [1.807, 2.05) is 66.7 Å². The van der Waals surface area contributed by atoms with Crippen molar-refractivity contribution in [3.05, 3.63) is 163 Å². The van der Waals surface area contributed by atoms with Gasteiger partial charge in [0.25, 0.3) is 12.9 Å². The Hall–Kier alpha value is -7.57. The summed E-state index contributed by atoms with van der Waals surface area (Å²) in [6, 6.07) is 39.9. The van der Waals surface area contributed by atoms with Crippen LogP contribution in [0.4, 0.5) is 0 Å². The molecule has 57 heavy (non-hydrogen) atoms. The molecule has 0 saturated carbocycles. The summed E-state index contributed by atoms with van der Waals surface area (Å²) in [6.07, 6.45) is 4.65. The van der Waals surface area contributed by atoms with E-state index >= 15 is 0 Å². The third-order valence-electron chi connectivity index (χ3n) is 7.90. The minimum absolute atomic E-state index is 0. The molecular weight excluding hydrogens is 816 g/mol. The van der Waals surface area contributed by atoms with E-state index in [1.54, 1.807) is 48.7 Å². The molecule has 0 spiro atoms. The van der Waals surface area contributed by atoms with Crippen molar-refractivity contribution < 1.29 is 58.3 Å². The summed E-state index contributed by atoms with van der Waals surface area (Å²) in [5, 5.41) is 19.6. The van der Waals surface area contributed by atoms with E-state index < -0.39 is 11.9 Å². The molecular formula is C43H28N5O8Ru. The van der Waals surface area contributed by atoms with Crippen molar-refractivity contribution in [1.29, 1.82) is 0 Å². The predicted molar refractivity (Wildman–Crippen MR) is 206 cm³/mol. The van der Waals surface area contributed by atoms with Gasteiger partial charge in [-0.25, -0.2) is 19.6 Å². The van der Waals surface area contributed by atoms with Gasteiger partial charge in [0.1, 0.15) is 11.5 Å². The SMILES string of the molecule is O=C(O)c1ccnc(-c2cc(C(=O)O)c3ccccc3n2)c1.O=COc1ccnc(-c2cc(OC=O)c3ccccc3n2)c1.[Ru+].[c-]1ccccc1-c1ccccn1. The van der Waals surface area contributed by atoms with Crippen LogP contribution in [0.15, 0.2) is 146 Å². The summed E-state index contributed by atoms with van der Waals surface area (Å²) in [7, 11) is 0. The first-order valence-electron chi connectivity index (χ1n) is 16.6. The van der Waals surface area contributed by atoms with Crippen molar-refractivity contribution >= 4 is 46.7 Å². The fourth-order valence-electron chi connectivity index (χ4n) is 5.37. The number of rotatable bonds is 9. The van der Waals surface area contributed by atoms with E-state index in [2.05, 4.69) is 31.0 Å². The molecule has 0 bridgehead atoms. The Morgan fingerprint density at radius 2 is 1.18 bits per heavy atom. The van der Waals surface area contributed by atoms with Gasteiger partial charge in [0.2, 0.25) is 0 Å². The molecule has 5 aromatic heterocycles. The minimum Gasteiger partial charge on any atom is -0.478 e. The second-order valence-corrected chi connectivity index (χ2v) is 11.4. The Morgan fingerprint density at radius 3 is 1.82 bits per heavy atom. The molecule has 8 aromatic rings. The molecule has 0 saturated heterocycles. The maximum absolute atomic E-state index is 11.4. The second-order valence-electron chi connectivity index (χ2n) is 11.4. The average Bonchev–Trinajstić information content (AvgIpc) is 3.24. The third-order valence-corrected chi connectivity index (χ3v) is 7.90. The fourth-order valence-corrected chi connectivity index (χ4v) is 5.37. The van der Waals surface area contributed by atoms with Crippen molar-refractivity contribution in [2.24, 2.45) is 0 Å².